The summed E-state index contributed by atoms with van der Waals surface area (Å²) in [6.45, 7) is 0.890. The third kappa shape index (κ3) is 3.33. The van der Waals surface area contributed by atoms with Crippen molar-refractivity contribution < 1.29 is 5.11 Å². The minimum absolute atomic E-state index is 0.106. The first-order valence-corrected chi connectivity index (χ1v) is 6.53. The van der Waals surface area contributed by atoms with Gasteiger partial charge in [0.15, 0.2) is 5.13 Å². The van der Waals surface area contributed by atoms with E-state index >= 15 is 0 Å². The van der Waals surface area contributed by atoms with Gasteiger partial charge in [-0.25, -0.2) is 4.98 Å². The fourth-order valence-electron chi connectivity index (χ4n) is 2.02. The summed E-state index contributed by atoms with van der Waals surface area (Å²) in [5.74, 6) is 0.566. The number of hydrogen-bond acceptors (Lipinski definition) is 4. The van der Waals surface area contributed by atoms with Crippen molar-refractivity contribution in [1.82, 2.24) is 4.98 Å². The number of aliphatic hydroxyl groups excluding tert-OH is 1. The van der Waals surface area contributed by atoms with Gasteiger partial charge in [0.05, 0.1) is 6.10 Å². The number of halogens is 1. The number of rotatable bonds is 3. The van der Waals surface area contributed by atoms with Gasteiger partial charge in [0, 0.05) is 11.9 Å². The molecule has 0 amide bonds. The minimum Gasteiger partial charge on any atom is -0.393 e. The van der Waals surface area contributed by atoms with Gasteiger partial charge in [-0.3, -0.25) is 0 Å². The highest BCUT2D eigenvalue weighted by molar-refractivity contribution is 7.14. The van der Waals surface area contributed by atoms with Crippen LogP contribution in [0.1, 0.15) is 25.7 Å². The van der Waals surface area contributed by atoms with Gasteiger partial charge in [0.2, 0.25) is 0 Å². The first-order valence-electron chi connectivity index (χ1n) is 5.27. The highest BCUT2D eigenvalue weighted by atomic mass is 35.5. The molecular weight excluding hydrogens is 232 g/mol. The molecule has 0 bridgehead atoms. The lowest BCUT2D eigenvalue weighted by Gasteiger charge is -2.25. The Morgan fingerprint density at radius 3 is 3.13 bits per heavy atom. The van der Waals surface area contributed by atoms with E-state index in [-0.39, 0.29) is 6.10 Å². The third-order valence-corrected chi connectivity index (χ3v) is 3.90. The lowest BCUT2D eigenvalue weighted by Crippen LogP contribution is -2.24. The Morgan fingerprint density at radius 2 is 2.47 bits per heavy atom. The number of nitrogens with one attached hydrogen (secondary N) is 1. The van der Waals surface area contributed by atoms with E-state index < -0.39 is 0 Å². The summed E-state index contributed by atoms with van der Waals surface area (Å²) in [7, 11) is 0. The average Bonchev–Trinajstić information content (AvgIpc) is 2.62. The summed E-state index contributed by atoms with van der Waals surface area (Å²) in [6, 6.07) is 0. The van der Waals surface area contributed by atoms with Crippen LogP contribution in [-0.2, 0) is 0 Å². The second kappa shape index (κ2) is 5.14. The van der Waals surface area contributed by atoms with Crippen LogP contribution in [-0.4, -0.2) is 22.7 Å². The van der Waals surface area contributed by atoms with Gasteiger partial charge >= 0.3 is 0 Å². The molecule has 0 aromatic carbocycles. The fourth-order valence-corrected chi connectivity index (χ4v) is 2.86. The highest BCUT2D eigenvalue weighted by Crippen LogP contribution is 2.25. The largest absolute Gasteiger partial charge is 0.393 e. The van der Waals surface area contributed by atoms with Crippen molar-refractivity contribution in [3.63, 3.8) is 0 Å². The van der Waals surface area contributed by atoms with Crippen molar-refractivity contribution in [2.75, 3.05) is 11.9 Å². The molecule has 0 radical (unpaired) electrons. The molecule has 15 heavy (non-hydrogen) atoms. The fraction of sp³-hybridized carbons (Fsp3) is 0.700. The summed E-state index contributed by atoms with van der Waals surface area (Å²) in [6.07, 6.45) is 4.09. The molecule has 1 heterocycles. The van der Waals surface area contributed by atoms with Crippen molar-refractivity contribution in [2.24, 2.45) is 5.92 Å². The summed E-state index contributed by atoms with van der Waals surface area (Å²) in [5, 5.41) is 16.0. The predicted molar refractivity (Wildman–Crippen MR) is 63.6 cm³/mol. The monoisotopic (exact) mass is 246 g/mol. The number of nitrogens with zero attached hydrogens (tertiary/aromatic N) is 1. The summed E-state index contributed by atoms with van der Waals surface area (Å²) >= 11 is 7.25. The molecule has 2 unspecified atom stereocenters. The van der Waals surface area contributed by atoms with Gasteiger partial charge in [-0.05, 0) is 25.2 Å². The van der Waals surface area contributed by atoms with Crippen LogP contribution in [0.15, 0.2) is 5.38 Å². The first kappa shape index (κ1) is 11.2. The van der Waals surface area contributed by atoms with Crippen molar-refractivity contribution in [1.29, 1.82) is 0 Å². The molecule has 0 spiro atoms. The van der Waals surface area contributed by atoms with Gasteiger partial charge in [0.1, 0.15) is 5.15 Å². The molecule has 5 heteroatoms. The Morgan fingerprint density at radius 1 is 1.60 bits per heavy atom. The maximum Gasteiger partial charge on any atom is 0.184 e. The highest BCUT2D eigenvalue weighted by Gasteiger charge is 2.19. The van der Waals surface area contributed by atoms with E-state index in [2.05, 4.69) is 10.3 Å². The van der Waals surface area contributed by atoms with Crippen molar-refractivity contribution in [2.45, 2.75) is 31.8 Å². The topological polar surface area (TPSA) is 45.1 Å². The summed E-state index contributed by atoms with van der Waals surface area (Å²) in [5.41, 5.74) is 0. The Balaban J connectivity index is 1.77. The number of aromatic nitrogens is 1. The molecule has 0 saturated heterocycles. The zero-order valence-electron chi connectivity index (χ0n) is 8.45. The molecule has 0 aliphatic heterocycles. The molecule has 3 nitrogen and oxygen atoms in total. The zero-order valence-corrected chi connectivity index (χ0v) is 10.0. The van der Waals surface area contributed by atoms with Crippen molar-refractivity contribution in [3.05, 3.63) is 10.5 Å². The van der Waals surface area contributed by atoms with Crippen LogP contribution >= 0.6 is 22.9 Å². The van der Waals surface area contributed by atoms with E-state index in [1.807, 2.05) is 5.38 Å². The van der Waals surface area contributed by atoms with Crippen LogP contribution in [0.5, 0.6) is 0 Å². The van der Waals surface area contributed by atoms with E-state index in [1.54, 1.807) is 0 Å². The SMILES string of the molecule is OC1CCCC(CNc2nc(Cl)cs2)C1. The predicted octanol–water partition coefficient (Wildman–Crippen LogP) is 2.76. The van der Waals surface area contributed by atoms with E-state index in [9.17, 15) is 5.11 Å². The molecule has 2 atom stereocenters. The molecule has 2 N–H and O–H groups in total. The number of thiazole rings is 1. The van der Waals surface area contributed by atoms with Crippen LogP contribution in [0, 0.1) is 5.92 Å². The van der Waals surface area contributed by atoms with Gasteiger partial charge in [0.25, 0.3) is 0 Å². The van der Waals surface area contributed by atoms with Crippen LogP contribution in [0.4, 0.5) is 5.13 Å². The van der Waals surface area contributed by atoms with Crippen molar-refractivity contribution in [3.8, 4) is 0 Å². The van der Waals surface area contributed by atoms with Crippen LogP contribution in [0.3, 0.4) is 0 Å². The molecule has 1 aromatic rings. The van der Waals surface area contributed by atoms with Crippen LogP contribution < -0.4 is 5.32 Å². The smallest absolute Gasteiger partial charge is 0.184 e. The lowest BCUT2D eigenvalue weighted by atomic mass is 9.87. The minimum atomic E-state index is -0.106. The lowest BCUT2D eigenvalue weighted by molar-refractivity contribution is 0.105. The zero-order chi connectivity index (χ0) is 10.7. The Kier molecular flexibility index (Phi) is 3.83. The van der Waals surface area contributed by atoms with Gasteiger partial charge in [-0.15, -0.1) is 11.3 Å². The van der Waals surface area contributed by atoms with Gasteiger partial charge in [-0.2, -0.15) is 0 Å². The number of hydrogen-bond donors (Lipinski definition) is 2. The maximum absolute atomic E-state index is 9.52. The Bertz CT molecular complexity index is 318. The molecular formula is C10H15ClN2OS. The molecule has 1 aliphatic carbocycles. The number of anilines is 1. The second-order valence-corrected chi connectivity index (χ2v) is 5.29. The quantitative estimate of drug-likeness (QED) is 0.862. The Labute approximate surface area is 98.5 Å². The molecule has 1 aliphatic rings. The third-order valence-electron chi connectivity index (χ3n) is 2.77. The molecule has 1 aromatic heterocycles. The average molecular weight is 247 g/mol. The van der Waals surface area contributed by atoms with E-state index in [4.69, 9.17) is 11.6 Å². The summed E-state index contributed by atoms with van der Waals surface area (Å²) in [4.78, 5) is 4.12. The van der Waals surface area contributed by atoms with Gasteiger partial charge < -0.3 is 10.4 Å². The molecule has 1 saturated carbocycles. The van der Waals surface area contributed by atoms with Crippen LogP contribution in [0.25, 0.3) is 0 Å². The maximum atomic E-state index is 9.52. The summed E-state index contributed by atoms with van der Waals surface area (Å²) < 4.78 is 0. The molecule has 2 rings (SSSR count). The van der Waals surface area contributed by atoms with Crippen molar-refractivity contribution >= 4 is 28.1 Å². The number of aliphatic hydroxyl groups is 1. The van der Waals surface area contributed by atoms with Crippen LogP contribution in [0.2, 0.25) is 5.15 Å². The molecule has 84 valence electrons. The first-order chi connectivity index (χ1) is 7.24. The normalized spacial score (nSPS) is 26.5. The van der Waals surface area contributed by atoms with Gasteiger partial charge in [-0.1, -0.05) is 18.0 Å². The second-order valence-electron chi connectivity index (χ2n) is 4.04. The standard InChI is InChI=1S/C10H15ClN2OS/c11-9-6-15-10(13-9)12-5-7-2-1-3-8(14)4-7/h6-8,14H,1-5H2,(H,12,13). The van der Waals surface area contributed by atoms with E-state index in [0.29, 0.717) is 11.1 Å². The van der Waals surface area contributed by atoms with E-state index in [1.165, 1.54) is 17.8 Å². The van der Waals surface area contributed by atoms with E-state index in [0.717, 1.165) is 30.9 Å². The molecule has 1 fully saturated rings. The Hall–Kier alpha value is -0.320.